The Morgan fingerprint density at radius 1 is 1.19 bits per heavy atom. The highest BCUT2D eigenvalue weighted by Crippen LogP contribution is 2.38. The van der Waals surface area contributed by atoms with E-state index in [1.807, 2.05) is 6.07 Å². The molecule has 0 atom stereocenters. The summed E-state index contributed by atoms with van der Waals surface area (Å²) in [5.41, 5.74) is -1.96. The third-order valence-electron chi connectivity index (χ3n) is 4.48. The van der Waals surface area contributed by atoms with E-state index in [-0.39, 0.29) is 17.8 Å². The second-order valence-corrected chi connectivity index (χ2v) is 6.41. The minimum Gasteiger partial charge on any atom is -0.489 e. The fourth-order valence-electron chi connectivity index (χ4n) is 3.18. The number of nitro benzene ring substituents is 1. The molecule has 0 spiro atoms. The second kappa shape index (κ2) is 7.81. The van der Waals surface area contributed by atoms with Crippen LogP contribution < -0.4 is 10.1 Å². The Kier molecular flexibility index (Phi) is 5.48. The van der Waals surface area contributed by atoms with Crippen LogP contribution >= 0.6 is 0 Å². The van der Waals surface area contributed by atoms with Crippen LogP contribution in [-0.2, 0) is 6.18 Å². The largest absolute Gasteiger partial charge is 0.489 e. The van der Waals surface area contributed by atoms with Gasteiger partial charge in [-0.05, 0) is 49.9 Å². The summed E-state index contributed by atoms with van der Waals surface area (Å²) in [5, 5.41) is 13.9. The predicted octanol–water partition coefficient (Wildman–Crippen LogP) is 4.81. The van der Waals surface area contributed by atoms with Gasteiger partial charge in [-0.2, -0.15) is 13.2 Å². The highest BCUT2D eigenvalue weighted by molar-refractivity contribution is 5.55. The van der Waals surface area contributed by atoms with Crippen molar-refractivity contribution in [3.8, 4) is 5.75 Å². The predicted molar refractivity (Wildman–Crippen MR) is 92.6 cm³/mol. The van der Waals surface area contributed by atoms with E-state index < -0.39 is 22.4 Å². The van der Waals surface area contributed by atoms with Gasteiger partial charge in [-0.15, -0.1) is 0 Å². The first-order valence-corrected chi connectivity index (χ1v) is 8.52. The fraction of sp³-hybridized carbons (Fsp3) is 0.389. The number of aromatic nitrogens is 1. The average Bonchev–Trinajstić information content (AvgIpc) is 2.63. The highest BCUT2D eigenvalue weighted by atomic mass is 19.4. The quantitative estimate of drug-likeness (QED) is 0.594. The molecule has 1 aromatic carbocycles. The van der Waals surface area contributed by atoms with Gasteiger partial charge < -0.3 is 10.1 Å². The first-order valence-electron chi connectivity index (χ1n) is 8.52. The van der Waals surface area contributed by atoms with Gasteiger partial charge in [0.2, 0.25) is 0 Å². The second-order valence-electron chi connectivity index (χ2n) is 6.41. The fourth-order valence-corrected chi connectivity index (χ4v) is 3.18. The van der Waals surface area contributed by atoms with E-state index in [0.29, 0.717) is 5.75 Å². The first kappa shape index (κ1) is 18.9. The zero-order valence-corrected chi connectivity index (χ0v) is 14.3. The number of ether oxygens (including phenoxy) is 1. The summed E-state index contributed by atoms with van der Waals surface area (Å²) in [6.45, 7) is 0. The van der Waals surface area contributed by atoms with Crippen molar-refractivity contribution in [1.29, 1.82) is 0 Å². The molecule has 1 aliphatic carbocycles. The number of benzene rings is 1. The molecule has 27 heavy (non-hydrogen) atoms. The Morgan fingerprint density at radius 3 is 2.52 bits per heavy atom. The maximum Gasteiger partial charge on any atom is 0.423 e. The molecular weight excluding hydrogens is 363 g/mol. The van der Waals surface area contributed by atoms with Crippen molar-refractivity contribution in [2.45, 2.75) is 44.0 Å². The SMILES string of the molecule is O=[N+]([O-])c1ccc(N[C@H]2CC[C@H](Oc3cccnc3)CC2)cc1C(F)(F)F. The number of hydrogen-bond donors (Lipinski definition) is 1. The van der Waals surface area contributed by atoms with Gasteiger partial charge in [0.1, 0.15) is 11.3 Å². The topological polar surface area (TPSA) is 77.3 Å². The lowest BCUT2D eigenvalue weighted by Gasteiger charge is -2.30. The summed E-state index contributed by atoms with van der Waals surface area (Å²) in [6, 6.07) is 6.60. The summed E-state index contributed by atoms with van der Waals surface area (Å²) in [5.74, 6) is 0.694. The van der Waals surface area contributed by atoms with Crippen molar-refractivity contribution in [2.24, 2.45) is 0 Å². The molecule has 0 saturated heterocycles. The Bertz CT molecular complexity index is 791. The Balaban J connectivity index is 1.61. The van der Waals surface area contributed by atoms with Gasteiger partial charge >= 0.3 is 6.18 Å². The van der Waals surface area contributed by atoms with E-state index >= 15 is 0 Å². The number of pyridine rings is 1. The molecule has 0 aliphatic heterocycles. The molecule has 0 radical (unpaired) electrons. The summed E-state index contributed by atoms with van der Waals surface area (Å²) in [7, 11) is 0. The van der Waals surface area contributed by atoms with Crippen LogP contribution in [-0.4, -0.2) is 22.1 Å². The van der Waals surface area contributed by atoms with Gasteiger partial charge in [-0.3, -0.25) is 15.1 Å². The molecule has 1 heterocycles. The standard InChI is InChI=1S/C18H18F3N3O3/c19-18(20,21)16-10-13(5-8-17(16)24(25)26)23-12-3-6-14(7-4-12)27-15-2-1-9-22-11-15/h1-2,5,8-12,14,23H,3-4,6-7H2/t12-,14-. The van der Waals surface area contributed by atoms with Crippen LogP contribution in [0.25, 0.3) is 0 Å². The lowest BCUT2D eigenvalue weighted by molar-refractivity contribution is -0.388. The van der Waals surface area contributed by atoms with E-state index in [2.05, 4.69) is 10.3 Å². The number of nitrogens with one attached hydrogen (secondary N) is 1. The number of anilines is 1. The summed E-state index contributed by atoms with van der Waals surface area (Å²) < 4.78 is 45.1. The van der Waals surface area contributed by atoms with Gasteiger partial charge in [-0.25, -0.2) is 0 Å². The lowest BCUT2D eigenvalue weighted by Crippen LogP contribution is -2.31. The number of nitrogens with zero attached hydrogens (tertiary/aromatic N) is 2. The van der Waals surface area contributed by atoms with Crippen molar-refractivity contribution >= 4 is 11.4 Å². The lowest BCUT2D eigenvalue weighted by atomic mass is 9.92. The zero-order chi connectivity index (χ0) is 19.4. The van der Waals surface area contributed by atoms with Crippen molar-refractivity contribution < 1.29 is 22.8 Å². The van der Waals surface area contributed by atoms with Crippen LogP contribution in [0.1, 0.15) is 31.2 Å². The number of hydrogen-bond acceptors (Lipinski definition) is 5. The smallest absolute Gasteiger partial charge is 0.423 e. The molecule has 6 nitrogen and oxygen atoms in total. The van der Waals surface area contributed by atoms with Crippen LogP contribution in [0, 0.1) is 10.1 Å². The Hall–Kier alpha value is -2.84. The van der Waals surface area contributed by atoms with Gasteiger partial charge in [-0.1, -0.05) is 0 Å². The van der Waals surface area contributed by atoms with Crippen molar-refractivity contribution in [3.05, 3.63) is 58.4 Å². The van der Waals surface area contributed by atoms with E-state index in [0.717, 1.165) is 37.8 Å². The van der Waals surface area contributed by atoms with Crippen LogP contribution in [0.5, 0.6) is 5.75 Å². The Morgan fingerprint density at radius 2 is 1.93 bits per heavy atom. The maximum atomic E-state index is 13.1. The van der Waals surface area contributed by atoms with Gasteiger partial charge in [0.15, 0.2) is 0 Å². The van der Waals surface area contributed by atoms with Gasteiger partial charge in [0.05, 0.1) is 17.2 Å². The average molecular weight is 381 g/mol. The van der Waals surface area contributed by atoms with Gasteiger partial charge in [0.25, 0.3) is 5.69 Å². The molecule has 0 unspecified atom stereocenters. The normalized spacial score (nSPS) is 20.1. The molecular formula is C18H18F3N3O3. The van der Waals surface area contributed by atoms with Crippen LogP contribution in [0.15, 0.2) is 42.7 Å². The first-order chi connectivity index (χ1) is 12.8. The van der Waals surface area contributed by atoms with E-state index in [1.54, 1.807) is 18.5 Å². The third-order valence-corrected chi connectivity index (χ3v) is 4.48. The molecule has 0 amide bonds. The van der Waals surface area contributed by atoms with Crippen molar-refractivity contribution in [1.82, 2.24) is 4.98 Å². The third kappa shape index (κ3) is 4.87. The number of halogens is 3. The van der Waals surface area contributed by atoms with Crippen LogP contribution in [0.2, 0.25) is 0 Å². The molecule has 9 heteroatoms. The number of nitro groups is 1. The maximum absolute atomic E-state index is 13.1. The van der Waals surface area contributed by atoms with Crippen LogP contribution in [0.3, 0.4) is 0 Å². The molecule has 1 N–H and O–H groups in total. The van der Waals surface area contributed by atoms with Crippen molar-refractivity contribution in [2.75, 3.05) is 5.32 Å². The molecule has 1 saturated carbocycles. The number of alkyl halides is 3. The van der Waals surface area contributed by atoms with Crippen molar-refractivity contribution in [3.63, 3.8) is 0 Å². The molecule has 2 aromatic rings. The minimum absolute atomic E-state index is 0.0127. The van der Waals surface area contributed by atoms with Gasteiger partial charge in [0, 0.05) is 24.0 Å². The summed E-state index contributed by atoms with van der Waals surface area (Å²) >= 11 is 0. The Labute approximate surface area is 153 Å². The zero-order valence-electron chi connectivity index (χ0n) is 14.3. The summed E-state index contributed by atoms with van der Waals surface area (Å²) in [6.07, 6.45) is 1.52. The molecule has 144 valence electrons. The van der Waals surface area contributed by atoms with E-state index in [4.69, 9.17) is 4.74 Å². The molecule has 1 fully saturated rings. The highest BCUT2D eigenvalue weighted by Gasteiger charge is 2.38. The number of rotatable bonds is 5. The molecule has 0 bridgehead atoms. The summed E-state index contributed by atoms with van der Waals surface area (Å²) in [4.78, 5) is 13.8. The van der Waals surface area contributed by atoms with Crippen LogP contribution in [0.4, 0.5) is 24.5 Å². The molecule has 1 aromatic heterocycles. The van der Waals surface area contributed by atoms with E-state index in [9.17, 15) is 23.3 Å². The monoisotopic (exact) mass is 381 g/mol. The minimum atomic E-state index is -4.78. The van der Waals surface area contributed by atoms with E-state index in [1.165, 1.54) is 6.07 Å². The molecule has 3 rings (SSSR count). The molecule has 1 aliphatic rings.